The molecule has 0 spiro atoms. The summed E-state index contributed by atoms with van der Waals surface area (Å²) in [5.74, 6) is -0.487. The second kappa shape index (κ2) is 11.6. The number of likely N-dealkylation sites (tertiary alicyclic amines) is 1. The van der Waals surface area contributed by atoms with E-state index in [1.807, 2.05) is 37.3 Å². The number of pyridine rings is 1. The number of nitrogen functional groups attached to an aromatic ring is 1. The predicted molar refractivity (Wildman–Crippen MR) is 152 cm³/mol. The van der Waals surface area contributed by atoms with E-state index in [2.05, 4.69) is 4.98 Å². The van der Waals surface area contributed by atoms with Gasteiger partial charge >= 0.3 is 6.18 Å². The summed E-state index contributed by atoms with van der Waals surface area (Å²) < 4.78 is 44.9. The van der Waals surface area contributed by atoms with Gasteiger partial charge in [-0.25, -0.2) is 4.98 Å². The maximum atomic E-state index is 13.0. The predicted octanol–water partition coefficient (Wildman–Crippen LogP) is 7.02. The highest BCUT2D eigenvalue weighted by Crippen LogP contribution is 2.35. The summed E-state index contributed by atoms with van der Waals surface area (Å²) in [6, 6.07) is 16.5. The Kier molecular flexibility index (Phi) is 7.97. The van der Waals surface area contributed by atoms with E-state index in [1.165, 1.54) is 11.0 Å². The van der Waals surface area contributed by atoms with Crippen LogP contribution in [-0.4, -0.2) is 40.8 Å². The number of nitrogens with two attached hydrogens (primary N) is 1. The monoisotopic (exact) mass is 561 g/mol. The number of hydrogen-bond acceptors (Lipinski definition) is 5. The number of carbonyl (C=O) groups is 2. The Morgan fingerprint density at radius 2 is 1.78 bits per heavy atom. The first kappa shape index (κ1) is 28.1. The zero-order valence-corrected chi connectivity index (χ0v) is 22.6. The van der Waals surface area contributed by atoms with E-state index >= 15 is 0 Å². The number of halogens is 3. The second-order valence-electron chi connectivity index (χ2n) is 10.4. The van der Waals surface area contributed by atoms with Crippen LogP contribution in [0.2, 0.25) is 0 Å². The molecular weight excluding hydrogens is 531 g/mol. The van der Waals surface area contributed by atoms with Crippen LogP contribution in [0.1, 0.15) is 46.5 Å². The quantitative estimate of drug-likeness (QED) is 0.245. The lowest BCUT2D eigenvalue weighted by molar-refractivity contribution is -0.183. The highest BCUT2D eigenvalue weighted by Gasteiger charge is 2.41. The lowest BCUT2D eigenvalue weighted by Gasteiger charge is -2.33. The van der Waals surface area contributed by atoms with Gasteiger partial charge in [-0.15, -0.1) is 0 Å². The largest absolute Gasteiger partial charge is 0.461 e. The Morgan fingerprint density at radius 1 is 1.05 bits per heavy atom. The van der Waals surface area contributed by atoms with Crippen molar-refractivity contribution in [3.05, 3.63) is 89.3 Å². The highest BCUT2D eigenvalue weighted by atomic mass is 19.4. The van der Waals surface area contributed by atoms with Crippen molar-refractivity contribution in [3.8, 4) is 11.1 Å². The minimum atomic E-state index is -4.21. The van der Waals surface area contributed by atoms with E-state index < -0.39 is 12.1 Å². The van der Waals surface area contributed by atoms with Crippen LogP contribution < -0.4 is 5.73 Å². The van der Waals surface area contributed by atoms with Crippen LogP contribution in [0.15, 0.2) is 71.3 Å². The zero-order valence-electron chi connectivity index (χ0n) is 22.6. The molecule has 0 radical (unpaired) electrons. The standard InChI is InChI=1S/C32H30F3N3O3/c1-20-16-24(22-4-6-23(7-5-22)31(40)38-14-12-26(13-15-38)32(33,34)35)17-25-18-28(41-30(20)25)10-9-27(39)8-2-21-3-11-29(36)37-19-21/h2-8,11,16-19,26H,9-10,12-15H2,1H3,(H2,36,37)/b8-2+. The van der Waals surface area contributed by atoms with E-state index in [-0.39, 0.29) is 37.6 Å². The lowest BCUT2D eigenvalue weighted by atomic mass is 9.95. The van der Waals surface area contributed by atoms with Crippen LogP contribution >= 0.6 is 0 Å². The number of alkyl halides is 3. The molecule has 1 saturated heterocycles. The van der Waals surface area contributed by atoms with E-state index in [1.54, 1.807) is 36.5 Å². The third-order valence-corrected chi connectivity index (χ3v) is 7.45. The summed E-state index contributed by atoms with van der Waals surface area (Å²) in [6.45, 7) is 2.16. The Morgan fingerprint density at radius 3 is 2.44 bits per heavy atom. The molecule has 2 aromatic heterocycles. The average molecular weight is 562 g/mol. The van der Waals surface area contributed by atoms with Gasteiger partial charge in [0.25, 0.3) is 5.91 Å². The first-order valence-electron chi connectivity index (χ1n) is 13.5. The van der Waals surface area contributed by atoms with Crippen molar-refractivity contribution in [2.75, 3.05) is 18.8 Å². The van der Waals surface area contributed by atoms with Gasteiger partial charge in [-0.3, -0.25) is 9.59 Å². The molecular formula is C32H30F3N3O3. The Bertz CT molecular complexity index is 1580. The Labute approximate surface area is 235 Å². The molecule has 212 valence electrons. The molecule has 0 saturated carbocycles. The maximum Gasteiger partial charge on any atom is 0.391 e. The third-order valence-electron chi connectivity index (χ3n) is 7.45. The molecule has 5 rings (SSSR count). The topological polar surface area (TPSA) is 89.4 Å². The average Bonchev–Trinajstić information content (AvgIpc) is 3.39. The number of aryl methyl sites for hydroxylation is 2. The number of furan rings is 1. The fourth-order valence-corrected chi connectivity index (χ4v) is 5.10. The van der Waals surface area contributed by atoms with E-state index in [0.717, 1.165) is 33.2 Å². The molecule has 0 atom stereocenters. The number of amides is 1. The number of allylic oxidation sites excluding steroid dienone is 1. The molecule has 9 heteroatoms. The number of fused-ring (bicyclic) bond motifs is 1. The van der Waals surface area contributed by atoms with Crippen LogP contribution in [0.5, 0.6) is 0 Å². The van der Waals surface area contributed by atoms with Crippen molar-refractivity contribution < 1.29 is 27.2 Å². The number of carbonyl (C=O) groups excluding carboxylic acids is 2. The number of ketones is 1. The van der Waals surface area contributed by atoms with E-state index in [0.29, 0.717) is 30.0 Å². The lowest BCUT2D eigenvalue weighted by Crippen LogP contribution is -2.42. The van der Waals surface area contributed by atoms with Crippen molar-refractivity contribution in [3.63, 3.8) is 0 Å². The molecule has 4 aromatic rings. The van der Waals surface area contributed by atoms with Crippen LogP contribution in [0.3, 0.4) is 0 Å². The SMILES string of the molecule is Cc1cc(-c2ccc(C(=O)N3CCC(C(F)(F)F)CC3)cc2)cc2cc(CCC(=O)/C=C/c3ccc(N)nc3)oc12. The summed E-state index contributed by atoms with van der Waals surface area (Å²) in [5.41, 5.74) is 10.4. The summed E-state index contributed by atoms with van der Waals surface area (Å²) >= 11 is 0. The third kappa shape index (κ3) is 6.67. The van der Waals surface area contributed by atoms with Crippen LogP contribution in [0.25, 0.3) is 28.2 Å². The zero-order chi connectivity index (χ0) is 29.1. The molecule has 1 fully saturated rings. The molecule has 1 aliphatic heterocycles. The van der Waals surface area contributed by atoms with Gasteiger partial charge in [-0.1, -0.05) is 12.1 Å². The number of piperidine rings is 1. The van der Waals surface area contributed by atoms with Gasteiger partial charge < -0.3 is 15.1 Å². The van der Waals surface area contributed by atoms with Gasteiger partial charge in [0.15, 0.2) is 5.78 Å². The van der Waals surface area contributed by atoms with Crippen LogP contribution in [-0.2, 0) is 11.2 Å². The highest BCUT2D eigenvalue weighted by molar-refractivity contribution is 5.95. The van der Waals surface area contributed by atoms with E-state index in [9.17, 15) is 22.8 Å². The van der Waals surface area contributed by atoms with Gasteiger partial charge in [0.1, 0.15) is 17.2 Å². The molecule has 6 nitrogen and oxygen atoms in total. The number of benzene rings is 2. The number of aromatic nitrogens is 1. The smallest absolute Gasteiger partial charge is 0.391 e. The molecule has 0 aliphatic carbocycles. The van der Waals surface area contributed by atoms with Gasteiger partial charge in [0.2, 0.25) is 0 Å². The number of anilines is 1. The first-order valence-corrected chi connectivity index (χ1v) is 13.5. The number of hydrogen-bond donors (Lipinski definition) is 1. The van der Waals surface area contributed by atoms with Crippen molar-refractivity contribution in [2.45, 2.75) is 38.8 Å². The van der Waals surface area contributed by atoms with E-state index in [4.69, 9.17) is 10.2 Å². The summed E-state index contributed by atoms with van der Waals surface area (Å²) in [6.07, 6.45) is 1.26. The summed E-state index contributed by atoms with van der Waals surface area (Å²) in [7, 11) is 0. The number of nitrogens with zero attached hydrogens (tertiary/aromatic N) is 2. The Hall–Kier alpha value is -4.40. The minimum Gasteiger partial charge on any atom is -0.461 e. The van der Waals surface area contributed by atoms with Gasteiger partial charge in [-0.05, 0) is 96.6 Å². The van der Waals surface area contributed by atoms with Crippen molar-refractivity contribution >= 4 is 34.6 Å². The molecule has 2 N–H and O–H groups in total. The fraction of sp³-hybridized carbons (Fsp3) is 0.281. The van der Waals surface area contributed by atoms with Crippen LogP contribution in [0.4, 0.5) is 19.0 Å². The molecule has 1 amide bonds. The number of rotatable bonds is 7. The molecule has 2 aromatic carbocycles. The maximum absolute atomic E-state index is 13.0. The van der Waals surface area contributed by atoms with Gasteiger partial charge in [0.05, 0.1) is 5.92 Å². The van der Waals surface area contributed by atoms with Crippen molar-refractivity contribution in [1.82, 2.24) is 9.88 Å². The summed E-state index contributed by atoms with van der Waals surface area (Å²) in [5, 5.41) is 0.915. The Balaban J connectivity index is 1.22. The molecule has 1 aliphatic rings. The van der Waals surface area contributed by atoms with Crippen molar-refractivity contribution in [1.29, 1.82) is 0 Å². The second-order valence-corrected chi connectivity index (χ2v) is 10.4. The van der Waals surface area contributed by atoms with Gasteiger partial charge in [0, 0.05) is 43.1 Å². The van der Waals surface area contributed by atoms with Crippen molar-refractivity contribution in [2.24, 2.45) is 5.92 Å². The molecule has 3 heterocycles. The molecule has 41 heavy (non-hydrogen) atoms. The molecule has 0 bridgehead atoms. The summed E-state index contributed by atoms with van der Waals surface area (Å²) in [4.78, 5) is 30.7. The normalized spacial score (nSPS) is 14.7. The molecule has 0 unspecified atom stereocenters. The van der Waals surface area contributed by atoms with Crippen LogP contribution in [0, 0.1) is 12.8 Å². The first-order chi connectivity index (χ1) is 19.6. The minimum absolute atomic E-state index is 0.0287. The van der Waals surface area contributed by atoms with Gasteiger partial charge in [-0.2, -0.15) is 13.2 Å². The fourth-order valence-electron chi connectivity index (χ4n) is 5.10.